The summed E-state index contributed by atoms with van der Waals surface area (Å²) in [5.41, 5.74) is -0.588. The first-order chi connectivity index (χ1) is 7.44. The summed E-state index contributed by atoms with van der Waals surface area (Å²) in [6.45, 7) is 15.5. The van der Waals surface area contributed by atoms with Gasteiger partial charge in [-0.2, -0.15) is 0 Å². The molecule has 0 heterocycles. The summed E-state index contributed by atoms with van der Waals surface area (Å²) in [5, 5.41) is 13.4. The van der Waals surface area contributed by atoms with Crippen LogP contribution in [-0.2, 0) is 0 Å². The summed E-state index contributed by atoms with van der Waals surface area (Å²) in [4.78, 5) is 2.42. The van der Waals surface area contributed by atoms with Gasteiger partial charge in [0.1, 0.15) is 0 Å². The second-order valence-electron chi connectivity index (χ2n) is 5.07. The molecule has 1 unspecified atom stereocenters. The van der Waals surface area contributed by atoms with Crippen LogP contribution in [0, 0.1) is 5.92 Å². The van der Waals surface area contributed by atoms with Crippen molar-refractivity contribution in [3.63, 3.8) is 0 Å². The molecule has 1 atom stereocenters. The number of rotatable bonds is 9. The van der Waals surface area contributed by atoms with E-state index in [0.29, 0.717) is 12.5 Å². The van der Waals surface area contributed by atoms with E-state index in [1.807, 2.05) is 6.92 Å². The van der Waals surface area contributed by atoms with Crippen molar-refractivity contribution in [1.82, 2.24) is 10.2 Å². The van der Waals surface area contributed by atoms with Gasteiger partial charge < -0.3 is 15.3 Å². The molecule has 16 heavy (non-hydrogen) atoms. The smallest absolute Gasteiger partial charge is 0.0766 e. The van der Waals surface area contributed by atoms with Crippen LogP contribution < -0.4 is 5.32 Å². The Morgan fingerprint density at radius 1 is 1.25 bits per heavy atom. The molecule has 2 N–H and O–H groups in total. The molecule has 0 radical (unpaired) electrons. The molecule has 0 fully saturated rings. The fourth-order valence-corrected chi connectivity index (χ4v) is 1.51. The molecule has 0 saturated carbocycles. The molecule has 0 rings (SSSR count). The predicted octanol–water partition coefficient (Wildman–Crippen LogP) is 1.71. The fraction of sp³-hybridized carbons (Fsp3) is 1.00. The standard InChI is InChI=1S/C13H30N2O/c1-6-15(7-2)10-8-9-14-11-13(5,16)12(3)4/h12,14,16H,6-11H2,1-5H3. The lowest BCUT2D eigenvalue weighted by Gasteiger charge is -2.28. The molecule has 0 aliphatic heterocycles. The number of hydrogen-bond donors (Lipinski definition) is 2. The highest BCUT2D eigenvalue weighted by molar-refractivity contribution is 4.78. The van der Waals surface area contributed by atoms with Gasteiger partial charge in [0.25, 0.3) is 0 Å². The van der Waals surface area contributed by atoms with Crippen LogP contribution in [-0.4, -0.2) is 48.3 Å². The fourth-order valence-electron chi connectivity index (χ4n) is 1.51. The lowest BCUT2D eigenvalue weighted by atomic mass is 9.92. The van der Waals surface area contributed by atoms with Crippen LogP contribution in [0.25, 0.3) is 0 Å². The van der Waals surface area contributed by atoms with E-state index in [-0.39, 0.29) is 0 Å². The zero-order chi connectivity index (χ0) is 12.6. The normalized spacial score (nSPS) is 15.8. The third kappa shape index (κ3) is 6.46. The van der Waals surface area contributed by atoms with Crippen molar-refractivity contribution in [3.8, 4) is 0 Å². The van der Waals surface area contributed by atoms with Gasteiger partial charge in [-0.3, -0.25) is 0 Å². The molecule has 0 aliphatic rings. The second kappa shape index (κ2) is 8.04. The maximum atomic E-state index is 10.0. The minimum Gasteiger partial charge on any atom is -0.389 e. The highest BCUT2D eigenvalue weighted by atomic mass is 16.3. The van der Waals surface area contributed by atoms with Crippen molar-refractivity contribution in [2.24, 2.45) is 5.92 Å². The number of nitrogens with zero attached hydrogens (tertiary/aromatic N) is 1. The minimum absolute atomic E-state index is 0.294. The maximum Gasteiger partial charge on any atom is 0.0766 e. The summed E-state index contributed by atoms with van der Waals surface area (Å²) in [7, 11) is 0. The van der Waals surface area contributed by atoms with Gasteiger partial charge >= 0.3 is 0 Å². The van der Waals surface area contributed by atoms with Crippen molar-refractivity contribution in [3.05, 3.63) is 0 Å². The molecule has 0 amide bonds. The van der Waals surface area contributed by atoms with Gasteiger partial charge in [-0.25, -0.2) is 0 Å². The van der Waals surface area contributed by atoms with E-state index in [4.69, 9.17) is 0 Å². The van der Waals surface area contributed by atoms with Gasteiger partial charge in [0, 0.05) is 6.54 Å². The summed E-state index contributed by atoms with van der Waals surface area (Å²) in [6, 6.07) is 0. The van der Waals surface area contributed by atoms with Crippen molar-refractivity contribution in [1.29, 1.82) is 0 Å². The Morgan fingerprint density at radius 2 is 1.81 bits per heavy atom. The van der Waals surface area contributed by atoms with Crippen LogP contribution >= 0.6 is 0 Å². The Labute approximate surface area is 101 Å². The third-order valence-electron chi connectivity index (χ3n) is 3.45. The summed E-state index contributed by atoms with van der Waals surface area (Å²) in [6.07, 6.45) is 1.15. The zero-order valence-electron chi connectivity index (χ0n) is 11.7. The van der Waals surface area contributed by atoms with Crippen LogP contribution in [0.2, 0.25) is 0 Å². The molecule has 0 saturated heterocycles. The molecule has 0 spiro atoms. The van der Waals surface area contributed by atoms with Crippen LogP contribution in [0.4, 0.5) is 0 Å². The Balaban J connectivity index is 3.53. The molecule has 0 aromatic rings. The minimum atomic E-state index is -0.588. The Hall–Kier alpha value is -0.120. The quantitative estimate of drug-likeness (QED) is 0.592. The lowest BCUT2D eigenvalue weighted by molar-refractivity contribution is 0.0143. The number of hydrogen-bond acceptors (Lipinski definition) is 3. The topological polar surface area (TPSA) is 35.5 Å². The summed E-state index contributed by atoms with van der Waals surface area (Å²) >= 11 is 0. The van der Waals surface area contributed by atoms with E-state index in [0.717, 1.165) is 32.6 Å². The summed E-state index contributed by atoms with van der Waals surface area (Å²) < 4.78 is 0. The first-order valence-electron chi connectivity index (χ1n) is 6.59. The molecular formula is C13H30N2O. The van der Waals surface area contributed by atoms with Gasteiger partial charge in [0.2, 0.25) is 0 Å². The first-order valence-corrected chi connectivity index (χ1v) is 6.59. The van der Waals surface area contributed by atoms with E-state index < -0.39 is 5.60 Å². The van der Waals surface area contributed by atoms with E-state index in [2.05, 4.69) is 37.9 Å². The number of aliphatic hydroxyl groups is 1. The van der Waals surface area contributed by atoms with Gasteiger partial charge in [0.05, 0.1) is 5.60 Å². The second-order valence-corrected chi connectivity index (χ2v) is 5.07. The molecule has 0 aliphatic carbocycles. The van der Waals surface area contributed by atoms with Crippen molar-refractivity contribution >= 4 is 0 Å². The molecule has 0 aromatic heterocycles. The van der Waals surface area contributed by atoms with Crippen molar-refractivity contribution in [2.45, 2.75) is 46.6 Å². The van der Waals surface area contributed by atoms with Gasteiger partial charge in [-0.05, 0) is 45.4 Å². The van der Waals surface area contributed by atoms with Crippen molar-refractivity contribution < 1.29 is 5.11 Å². The van der Waals surface area contributed by atoms with Crippen LogP contribution in [0.15, 0.2) is 0 Å². The molecule has 98 valence electrons. The Morgan fingerprint density at radius 3 is 2.25 bits per heavy atom. The molecule has 3 heteroatoms. The van der Waals surface area contributed by atoms with E-state index in [9.17, 15) is 5.11 Å². The predicted molar refractivity (Wildman–Crippen MR) is 70.7 cm³/mol. The average Bonchev–Trinajstić information content (AvgIpc) is 2.23. The van der Waals surface area contributed by atoms with Crippen LogP contribution in [0.1, 0.15) is 41.0 Å². The molecule has 3 nitrogen and oxygen atoms in total. The van der Waals surface area contributed by atoms with Gasteiger partial charge in [-0.15, -0.1) is 0 Å². The van der Waals surface area contributed by atoms with Crippen molar-refractivity contribution in [2.75, 3.05) is 32.7 Å². The van der Waals surface area contributed by atoms with Crippen LogP contribution in [0.3, 0.4) is 0 Å². The first kappa shape index (κ1) is 15.9. The van der Waals surface area contributed by atoms with E-state index >= 15 is 0 Å². The lowest BCUT2D eigenvalue weighted by Crippen LogP contribution is -2.42. The SMILES string of the molecule is CCN(CC)CCCNCC(C)(O)C(C)C. The molecule has 0 bridgehead atoms. The highest BCUT2D eigenvalue weighted by Crippen LogP contribution is 2.14. The Bertz CT molecular complexity index is 165. The Kier molecular flexibility index (Phi) is 7.98. The monoisotopic (exact) mass is 230 g/mol. The zero-order valence-corrected chi connectivity index (χ0v) is 11.7. The largest absolute Gasteiger partial charge is 0.389 e. The molecule has 0 aromatic carbocycles. The van der Waals surface area contributed by atoms with Crippen LogP contribution in [0.5, 0.6) is 0 Å². The maximum absolute atomic E-state index is 10.0. The average molecular weight is 230 g/mol. The van der Waals surface area contributed by atoms with Gasteiger partial charge in [-0.1, -0.05) is 27.7 Å². The summed E-state index contributed by atoms with van der Waals surface area (Å²) in [5.74, 6) is 0.294. The van der Waals surface area contributed by atoms with E-state index in [1.54, 1.807) is 0 Å². The number of nitrogens with one attached hydrogen (secondary N) is 1. The third-order valence-corrected chi connectivity index (χ3v) is 3.45. The van der Waals surface area contributed by atoms with E-state index in [1.165, 1.54) is 0 Å². The van der Waals surface area contributed by atoms with Gasteiger partial charge in [0.15, 0.2) is 0 Å². The highest BCUT2D eigenvalue weighted by Gasteiger charge is 2.23. The molecular weight excluding hydrogens is 200 g/mol.